The highest BCUT2D eigenvalue weighted by Crippen LogP contribution is 2.23. The zero-order valence-electron chi connectivity index (χ0n) is 20.4. The first-order valence-electron chi connectivity index (χ1n) is 12.0. The number of aryl methyl sites for hydroxylation is 1. The number of hydrogen-bond acceptors (Lipinski definition) is 4. The van der Waals surface area contributed by atoms with Gasteiger partial charge in [-0.1, -0.05) is 83.9 Å². The molecule has 37 heavy (non-hydrogen) atoms. The molecule has 4 aromatic rings. The monoisotopic (exact) mass is 514 g/mol. The van der Waals surface area contributed by atoms with Crippen LogP contribution in [-0.4, -0.2) is 34.9 Å². The lowest BCUT2D eigenvalue weighted by atomic mass is 9.75. The SMILES string of the molecule is Cc1cccc(CC(NC(=O)CC(NC(=O)c2ccc3ccccc3c2)c2cccc(Cl)c2)B(O)O)c1. The number of carbonyl (C=O) groups is 2. The maximum atomic E-state index is 13.2. The van der Waals surface area contributed by atoms with Gasteiger partial charge in [0.25, 0.3) is 5.91 Å². The summed E-state index contributed by atoms with van der Waals surface area (Å²) < 4.78 is 0. The fourth-order valence-corrected chi connectivity index (χ4v) is 4.52. The zero-order valence-corrected chi connectivity index (χ0v) is 21.2. The van der Waals surface area contributed by atoms with Gasteiger partial charge in [0.1, 0.15) is 0 Å². The molecule has 4 N–H and O–H groups in total. The Bertz CT molecular complexity index is 1410. The van der Waals surface area contributed by atoms with Gasteiger partial charge in [0.15, 0.2) is 0 Å². The third-order valence-corrected chi connectivity index (χ3v) is 6.44. The molecule has 0 aliphatic rings. The smallest absolute Gasteiger partial charge is 0.426 e. The Labute approximate surface area is 221 Å². The Morgan fingerprint density at radius 1 is 0.865 bits per heavy atom. The average Bonchev–Trinajstić information content (AvgIpc) is 2.87. The van der Waals surface area contributed by atoms with Crippen molar-refractivity contribution < 1.29 is 19.6 Å². The molecule has 188 valence electrons. The average molecular weight is 515 g/mol. The largest absolute Gasteiger partial charge is 0.475 e. The molecule has 6 nitrogen and oxygen atoms in total. The first kappa shape index (κ1) is 26.4. The quantitative estimate of drug-likeness (QED) is 0.249. The Balaban J connectivity index is 1.52. The van der Waals surface area contributed by atoms with Crippen LogP contribution < -0.4 is 10.6 Å². The lowest BCUT2D eigenvalue weighted by molar-refractivity contribution is -0.122. The molecular formula is C29H28BClN2O4. The van der Waals surface area contributed by atoms with Crippen molar-refractivity contribution in [3.05, 3.63) is 118 Å². The second-order valence-corrected chi connectivity index (χ2v) is 9.56. The van der Waals surface area contributed by atoms with E-state index in [1.165, 1.54) is 0 Å². The highest BCUT2D eigenvalue weighted by Gasteiger charge is 2.27. The van der Waals surface area contributed by atoms with Crippen LogP contribution in [0.25, 0.3) is 10.8 Å². The Kier molecular flexibility index (Phi) is 8.61. The van der Waals surface area contributed by atoms with Gasteiger partial charge in [-0.05, 0) is 59.5 Å². The van der Waals surface area contributed by atoms with Gasteiger partial charge in [-0.15, -0.1) is 0 Å². The van der Waals surface area contributed by atoms with Crippen molar-refractivity contribution in [1.82, 2.24) is 10.6 Å². The lowest BCUT2D eigenvalue weighted by Crippen LogP contribution is -2.48. The molecular weight excluding hydrogens is 487 g/mol. The maximum absolute atomic E-state index is 13.2. The molecule has 0 fully saturated rings. The van der Waals surface area contributed by atoms with Gasteiger partial charge >= 0.3 is 7.12 Å². The summed E-state index contributed by atoms with van der Waals surface area (Å²) in [7, 11) is -1.75. The highest BCUT2D eigenvalue weighted by atomic mass is 35.5. The number of fused-ring (bicyclic) bond motifs is 1. The molecule has 0 aliphatic heterocycles. The molecule has 0 bridgehead atoms. The number of carbonyl (C=O) groups excluding carboxylic acids is 2. The second kappa shape index (κ2) is 12.1. The normalized spacial score (nSPS) is 12.5. The standard InChI is InChI=1S/C29H28BClN2O4/c1-19-6-4-7-20(14-19)15-27(30(36)37)33-28(34)18-26(23-10-5-11-25(31)17-23)32-29(35)24-13-12-21-8-2-3-9-22(21)16-24/h2-14,16-17,26-27,36-37H,15,18H2,1H3,(H,32,35)(H,33,34). The predicted octanol–water partition coefficient (Wildman–Crippen LogP) is 4.40. The molecule has 0 aliphatic carbocycles. The third kappa shape index (κ3) is 7.20. The summed E-state index contributed by atoms with van der Waals surface area (Å²) in [5.41, 5.74) is 3.03. The van der Waals surface area contributed by atoms with Crippen molar-refractivity contribution in [2.24, 2.45) is 0 Å². The van der Waals surface area contributed by atoms with Gasteiger partial charge in [-0.2, -0.15) is 0 Å². The molecule has 0 aromatic heterocycles. The number of nitrogens with one attached hydrogen (secondary N) is 2. The third-order valence-electron chi connectivity index (χ3n) is 6.20. The van der Waals surface area contributed by atoms with Crippen molar-refractivity contribution in [2.75, 3.05) is 0 Å². The van der Waals surface area contributed by atoms with Crippen LogP contribution in [0.4, 0.5) is 0 Å². The fourth-order valence-electron chi connectivity index (χ4n) is 4.32. The first-order chi connectivity index (χ1) is 17.8. The highest BCUT2D eigenvalue weighted by molar-refractivity contribution is 6.43. The molecule has 4 aromatic carbocycles. The van der Waals surface area contributed by atoms with Crippen LogP contribution in [0.1, 0.15) is 39.5 Å². The van der Waals surface area contributed by atoms with Crippen LogP contribution in [0.5, 0.6) is 0 Å². The van der Waals surface area contributed by atoms with Gasteiger partial charge < -0.3 is 20.7 Å². The van der Waals surface area contributed by atoms with Crippen molar-refractivity contribution in [2.45, 2.75) is 31.7 Å². The minimum absolute atomic E-state index is 0.114. The van der Waals surface area contributed by atoms with E-state index in [1.807, 2.05) is 61.5 Å². The Morgan fingerprint density at radius 2 is 1.62 bits per heavy atom. The molecule has 4 rings (SSSR count). The minimum atomic E-state index is -1.75. The van der Waals surface area contributed by atoms with Crippen LogP contribution in [-0.2, 0) is 11.2 Å². The molecule has 2 atom stereocenters. The molecule has 0 saturated carbocycles. The van der Waals surface area contributed by atoms with Gasteiger partial charge in [-0.25, -0.2) is 0 Å². The summed E-state index contributed by atoms with van der Waals surface area (Å²) in [5.74, 6) is -1.68. The van der Waals surface area contributed by atoms with E-state index in [2.05, 4.69) is 10.6 Å². The summed E-state index contributed by atoms with van der Waals surface area (Å²) in [4.78, 5) is 26.2. The summed E-state index contributed by atoms with van der Waals surface area (Å²) in [6.45, 7) is 1.94. The molecule has 2 unspecified atom stereocenters. The number of amides is 2. The number of hydrogen-bond donors (Lipinski definition) is 4. The van der Waals surface area contributed by atoms with Crippen LogP contribution in [0, 0.1) is 6.92 Å². The molecule has 8 heteroatoms. The Hall–Kier alpha value is -3.65. The summed E-state index contributed by atoms with van der Waals surface area (Å²) in [6, 6.07) is 27.1. The van der Waals surface area contributed by atoms with Gasteiger partial charge in [-0.3, -0.25) is 9.59 Å². The molecule has 0 spiro atoms. The fraction of sp³-hybridized carbons (Fsp3) is 0.172. The molecule has 0 saturated heterocycles. The van der Waals surface area contributed by atoms with Crippen LogP contribution >= 0.6 is 11.6 Å². The second-order valence-electron chi connectivity index (χ2n) is 9.13. The number of halogens is 1. The van der Waals surface area contributed by atoms with E-state index in [4.69, 9.17) is 11.6 Å². The van der Waals surface area contributed by atoms with E-state index in [-0.39, 0.29) is 18.7 Å². The topological polar surface area (TPSA) is 98.7 Å². The van der Waals surface area contributed by atoms with E-state index in [0.29, 0.717) is 16.1 Å². The van der Waals surface area contributed by atoms with Crippen LogP contribution in [0.15, 0.2) is 91.0 Å². The van der Waals surface area contributed by atoms with Crippen LogP contribution in [0.2, 0.25) is 5.02 Å². The van der Waals surface area contributed by atoms with Gasteiger partial charge in [0.2, 0.25) is 5.91 Å². The molecule has 0 radical (unpaired) electrons. The number of rotatable bonds is 9. The summed E-state index contributed by atoms with van der Waals surface area (Å²) in [5, 5.41) is 27.9. The van der Waals surface area contributed by atoms with E-state index in [1.54, 1.807) is 36.4 Å². The lowest BCUT2D eigenvalue weighted by Gasteiger charge is -2.22. The first-order valence-corrected chi connectivity index (χ1v) is 12.4. The zero-order chi connectivity index (χ0) is 26.4. The van der Waals surface area contributed by atoms with Crippen molar-refractivity contribution in [3.63, 3.8) is 0 Å². The van der Waals surface area contributed by atoms with E-state index >= 15 is 0 Å². The van der Waals surface area contributed by atoms with Gasteiger partial charge in [0, 0.05) is 10.6 Å². The number of benzene rings is 4. The van der Waals surface area contributed by atoms with Crippen molar-refractivity contribution in [3.8, 4) is 0 Å². The maximum Gasteiger partial charge on any atom is 0.475 e. The van der Waals surface area contributed by atoms with E-state index < -0.39 is 25.0 Å². The summed E-state index contributed by atoms with van der Waals surface area (Å²) in [6.07, 6.45) is 0.132. The van der Waals surface area contributed by atoms with Crippen molar-refractivity contribution in [1.29, 1.82) is 0 Å². The Morgan fingerprint density at radius 3 is 2.35 bits per heavy atom. The molecule has 0 heterocycles. The minimum Gasteiger partial charge on any atom is -0.426 e. The van der Waals surface area contributed by atoms with Crippen molar-refractivity contribution >= 4 is 41.3 Å². The van der Waals surface area contributed by atoms with E-state index in [0.717, 1.165) is 21.9 Å². The van der Waals surface area contributed by atoms with Gasteiger partial charge in [0.05, 0.1) is 18.4 Å². The van der Waals surface area contributed by atoms with E-state index in [9.17, 15) is 19.6 Å². The molecule has 2 amide bonds. The predicted molar refractivity (Wildman–Crippen MR) is 147 cm³/mol. The van der Waals surface area contributed by atoms with Crippen LogP contribution in [0.3, 0.4) is 0 Å². The summed E-state index contributed by atoms with van der Waals surface area (Å²) >= 11 is 6.19.